The summed E-state index contributed by atoms with van der Waals surface area (Å²) in [5, 5.41) is 5.13. The molecule has 10 nitrogen and oxygen atoms in total. The number of hydrogen-bond donors (Lipinski definition) is 0. The molecular formula is C32H38N8O2. The molecule has 2 saturated heterocycles. The molecule has 0 aliphatic carbocycles. The number of amides is 1. The number of likely N-dealkylation sites (N-methyl/N-ethyl adjacent to an activating group) is 1. The van der Waals surface area contributed by atoms with E-state index in [1.165, 1.54) is 6.42 Å². The van der Waals surface area contributed by atoms with Gasteiger partial charge in [0.05, 0.1) is 23.8 Å². The number of rotatable bonds is 2. The molecular weight excluding hydrogens is 528 g/mol. The van der Waals surface area contributed by atoms with Crippen LogP contribution in [-0.2, 0) is 0 Å². The van der Waals surface area contributed by atoms with Crippen molar-refractivity contribution >= 4 is 29.0 Å². The van der Waals surface area contributed by atoms with Gasteiger partial charge in [-0.25, -0.2) is 9.97 Å². The topological polar surface area (TPSA) is 82.3 Å². The van der Waals surface area contributed by atoms with E-state index in [2.05, 4.69) is 38.9 Å². The summed E-state index contributed by atoms with van der Waals surface area (Å²) < 4.78 is 8.31. The van der Waals surface area contributed by atoms with Gasteiger partial charge < -0.3 is 24.3 Å². The van der Waals surface area contributed by atoms with Crippen LogP contribution in [0.5, 0.6) is 5.75 Å². The van der Waals surface area contributed by atoms with Crippen LogP contribution in [0, 0.1) is 6.92 Å². The van der Waals surface area contributed by atoms with Gasteiger partial charge in [-0.05, 0) is 56.9 Å². The fourth-order valence-electron chi connectivity index (χ4n) is 6.21. The molecule has 1 aromatic carbocycles. The summed E-state index contributed by atoms with van der Waals surface area (Å²) in [5.74, 6) is 3.49. The van der Waals surface area contributed by atoms with Gasteiger partial charge in [0.2, 0.25) is 0 Å². The number of nitrogens with zero attached hydrogens (tertiary/aromatic N) is 8. The maximum Gasteiger partial charge on any atom is 0.258 e. The standard InChI is InChI=1S/C32H38N8O2/c1-23-10-11-27-24(20-23)32(41)39-15-6-4-8-26(39)25-21-30-34-29(37-13-7-14-37)22-31(40(30)35-25)36(2)16-17-38(18-19-42-27)28-9-3-5-12-33-28/h3,5,9-12,20-22,26H,4,6-8,13-19H2,1-2H3. The zero-order valence-electron chi connectivity index (χ0n) is 24.4. The number of carbonyl (C=O) groups is 1. The van der Waals surface area contributed by atoms with Crippen molar-refractivity contribution in [2.75, 3.05) is 67.6 Å². The minimum Gasteiger partial charge on any atom is -0.491 e. The van der Waals surface area contributed by atoms with E-state index in [9.17, 15) is 4.79 Å². The summed E-state index contributed by atoms with van der Waals surface area (Å²) in [6.45, 7) is 7.32. The summed E-state index contributed by atoms with van der Waals surface area (Å²) in [6.07, 6.45) is 5.91. The number of piperidine rings is 1. The van der Waals surface area contributed by atoms with Gasteiger partial charge in [-0.1, -0.05) is 17.7 Å². The average molecular weight is 567 g/mol. The van der Waals surface area contributed by atoms with Crippen molar-refractivity contribution in [1.82, 2.24) is 24.5 Å². The SMILES string of the molecule is Cc1ccc2c(c1)C(=O)N1CCCCC1c1cc3nc(N4CCC4)cc(n3n1)N(C)CCN(c1ccccn1)CCO2. The second-order valence-corrected chi connectivity index (χ2v) is 11.6. The second kappa shape index (κ2) is 11.2. The zero-order valence-corrected chi connectivity index (χ0v) is 24.4. The molecule has 2 bridgehead atoms. The molecule has 4 aromatic rings. The van der Waals surface area contributed by atoms with Gasteiger partial charge in [0.15, 0.2) is 5.65 Å². The van der Waals surface area contributed by atoms with E-state index in [-0.39, 0.29) is 11.9 Å². The normalized spacial score (nSPS) is 19.9. The van der Waals surface area contributed by atoms with Crippen molar-refractivity contribution in [3.05, 3.63) is 71.5 Å². The maximum atomic E-state index is 14.2. The van der Waals surface area contributed by atoms with Gasteiger partial charge >= 0.3 is 0 Å². The minimum absolute atomic E-state index is 0.00398. The molecule has 0 spiro atoms. The first kappa shape index (κ1) is 26.6. The Bertz CT molecular complexity index is 1580. The van der Waals surface area contributed by atoms with Crippen LogP contribution in [-0.4, -0.2) is 83.3 Å². The fraction of sp³-hybridized carbons (Fsp3) is 0.438. The van der Waals surface area contributed by atoms with Gasteiger partial charge in [-0.15, -0.1) is 0 Å². The third kappa shape index (κ3) is 4.99. The highest BCUT2D eigenvalue weighted by Crippen LogP contribution is 2.35. The Kier molecular flexibility index (Phi) is 7.05. The van der Waals surface area contributed by atoms with Crippen molar-refractivity contribution in [2.45, 2.75) is 38.6 Å². The molecule has 0 radical (unpaired) electrons. The van der Waals surface area contributed by atoms with E-state index in [4.69, 9.17) is 14.8 Å². The smallest absolute Gasteiger partial charge is 0.258 e. The molecule has 2 fully saturated rings. The first-order valence-corrected chi connectivity index (χ1v) is 15.1. The summed E-state index contributed by atoms with van der Waals surface area (Å²) in [7, 11) is 2.11. The predicted molar refractivity (Wildman–Crippen MR) is 164 cm³/mol. The third-order valence-corrected chi connectivity index (χ3v) is 8.75. The first-order valence-electron chi connectivity index (χ1n) is 15.1. The molecule has 3 aliphatic rings. The first-order chi connectivity index (χ1) is 20.5. The summed E-state index contributed by atoms with van der Waals surface area (Å²) in [4.78, 5) is 32.7. The van der Waals surface area contributed by atoms with E-state index in [1.807, 2.05) is 58.9 Å². The number of fused-ring (bicyclic) bond motifs is 4. The molecule has 0 saturated carbocycles. The molecule has 3 aliphatic heterocycles. The molecule has 7 rings (SSSR count). The van der Waals surface area contributed by atoms with Crippen LogP contribution in [0.25, 0.3) is 5.65 Å². The van der Waals surface area contributed by atoms with Gasteiger partial charge in [0.1, 0.15) is 29.8 Å². The van der Waals surface area contributed by atoms with Crippen LogP contribution in [0.2, 0.25) is 0 Å². The molecule has 6 heterocycles. The number of anilines is 3. The van der Waals surface area contributed by atoms with E-state index in [0.29, 0.717) is 31.0 Å². The van der Waals surface area contributed by atoms with Gasteiger partial charge in [0, 0.05) is 58.1 Å². The Labute approximate surface area is 246 Å². The van der Waals surface area contributed by atoms with Crippen LogP contribution in [0.4, 0.5) is 17.5 Å². The van der Waals surface area contributed by atoms with Crippen molar-refractivity contribution in [2.24, 2.45) is 0 Å². The Balaban J connectivity index is 1.34. The van der Waals surface area contributed by atoms with Crippen LogP contribution >= 0.6 is 0 Å². The van der Waals surface area contributed by atoms with Crippen LogP contribution < -0.4 is 19.4 Å². The highest BCUT2D eigenvalue weighted by Gasteiger charge is 2.33. The molecule has 10 heteroatoms. The second-order valence-electron chi connectivity index (χ2n) is 11.6. The summed E-state index contributed by atoms with van der Waals surface area (Å²) in [6, 6.07) is 16.0. The number of pyridine rings is 1. The number of benzene rings is 1. The fourth-order valence-corrected chi connectivity index (χ4v) is 6.21. The lowest BCUT2D eigenvalue weighted by Gasteiger charge is -2.35. The number of carbonyl (C=O) groups excluding carboxylic acids is 1. The zero-order chi connectivity index (χ0) is 28.6. The summed E-state index contributed by atoms with van der Waals surface area (Å²) in [5.41, 5.74) is 3.36. The van der Waals surface area contributed by atoms with E-state index >= 15 is 0 Å². The molecule has 218 valence electrons. The van der Waals surface area contributed by atoms with E-state index in [0.717, 1.165) is 79.8 Å². The Hall–Kier alpha value is -4.34. The highest BCUT2D eigenvalue weighted by atomic mass is 16.5. The Morgan fingerprint density at radius 1 is 0.881 bits per heavy atom. The third-order valence-electron chi connectivity index (χ3n) is 8.75. The molecule has 0 N–H and O–H groups in total. The number of aromatic nitrogens is 4. The van der Waals surface area contributed by atoms with Crippen molar-refractivity contribution in [1.29, 1.82) is 0 Å². The molecule has 42 heavy (non-hydrogen) atoms. The Morgan fingerprint density at radius 2 is 1.76 bits per heavy atom. The van der Waals surface area contributed by atoms with Gasteiger partial charge in [-0.2, -0.15) is 9.61 Å². The van der Waals surface area contributed by atoms with Crippen LogP contribution in [0.1, 0.15) is 53.3 Å². The summed E-state index contributed by atoms with van der Waals surface area (Å²) >= 11 is 0. The number of ether oxygens (including phenoxy) is 1. The molecule has 3 aromatic heterocycles. The lowest BCUT2D eigenvalue weighted by molar-refractivity contribution is 0.0601. The van der Waals surface area contributed by atoms with Crippen LogP contribution in [0.15, 0.2) is 54.7 Å². The largest absolute Gasteiger partial charge is 0.491 e. The molecule has 1 amide bonds. The predicted octanol–water partition coefficient (Wildman–Crippen LogP) is 4.35. The number of hydrogen-bond acceptors (Lipinski definition) is 8. The maximum absolute atomic E-state index is 14.2. The Morgan fingerprint density at radius 3 is 2.57 bits per heavy atom. The van der Waals surface area contributed by atoms with E-state index in [1.54, 1.807) is 0 Å². The van der Waals surface area contributed by atoms with Crippen LogP contribution in [0.3, 0.4) is 0 Å². The highest BCUT2D eigenvalue weighted by molar-refractivity contribution is 5.97. The van der Waals surface area contributed by atoms with Gasteiger partial charge in [0.25, 0.3) is 5.91 Å². The lowest BCUT2D eigenvalue weighted by atomic mass is 9.97. The minimum atomic E-state index is -0.112. The monoisotopic (exact) mass is 566 g/mol. The van der Waals surface area contributed by atoms with Gasteiger partial charge in [-0.3, -0.25) is 4.79 Å². The van der Waals surface area contributed by atoms with Crippen molar-refractivity contribution < 1.29 is 9.53 Å². The molecule has 1 atom stereocenters. The quantitative estimate of drug-likeness (QED) is 0.354. The average Bonchev–Trinajstić information content (AvgIpc) is 3.42. The van der Waals surface area contributed by atoms with Crippen molar-refractivity contribution in [3.8, 4) is 5.75 Å². The molecule has 1 unspecified atom stereocenters. The van der Waals surface area contributed by atoms with Crippen molar-refractivity contribution in [3.63, 3.8) is 0 Å². The van der Waals surface area contributed by atoms with E-state index < -0.39 is 0 Å². The lowest BCUT2D eigenvalue weighted by Crippen LogP contribution is -2.40. The number of aryl methyl sites for hydroxylation is 1.